The lowest BCUT2D eigenvalue weighted by Crippen LogP contribution is -2.57. The van der Waals surface area contributed by atoms with E-state index in [1.165, 1.54) is 6.07 Å². The third kappa shape index (κ3) is 2.77. The molecule has 1 atom stereocenters. The number of halogens is 1. The molecule has 25 heavy (non-hydrogen) atoms. The van der Waals surface area contributed by atoms with Crippen LogP contribution in [-0.2, 0) is 19.7 Å². The van der Waals surface area contributed by atoms with Crippen molar-refractivity contribution in [3.8, 4) is 0 Å². The summed E-state index contributed by atoms with van der Waals surface area (Å²) < 4.78 is 26.0. The standard InChI is InChI=1S/C20H26FNO3/c1-24-17-7-4-14-25-20(17)10-12-22(13-11-20)18(23)19(8-9-19)15-5-2-3-6-16(15)21/h2-3,5-6,17H,4,7-14H2,1H3/t17-/m0/s1. The molecule has 3 aliphatic rings. The number of amides is 1. The van der Waals surface area contributed by atoms with Crippen molar-refractivity contribution >= 4 is 5.91 Å². The van der Waals surface area contributed by atoms with E-state index in [9.17, 15) is 9.18 Å². The van der Waals surface area contributed by atoms with Crippen molar-refractivity contribution in [2.45, 2.75) is 55.6 Å². The fourth-order valence-electron chi connectivity index (χ4n) is 4.66. The molecule has 0 bridgehead atoms. The first kappa shape index (κ1) is 17.0. The summed E-state index contributed by atoms with van der Waals surface area (Å²) in [5.74, 6) is -0.186. The predicted octanol–water partition coefficient (Wildman–Crippen LogP) is 3.04. The van der Waals surface area contributed by atoms with Crippen LogP contribution >= 0.6 is 0 Å². The molecule has 1 aromatic carbocycles. The van der Waals surface area contributed by atoms with Gasteiger partial charge in [0.05, 0.1) is 17.1 Å². The number of hydrogen-bond acceptors (Lipinski definition) is 3. The molecule has 1 aromatic rings. The molecule has 1 aliphatic carbocycles. The first-order chi connectivity index (χ1) is 12.1. The van der Waals surface area contributed by atoms with Crippen LogP contribution in [0.25, 0.3) is 0 Å². The minimum atomic E-state index is -0.635. The maximum Gasteiger partial charge on any atom is 0.233 e. The SMILES string of the molecule is CO[C@H]1CCCOC12CCN(C(=O)C1(c3ccccc3F)CC1)CC2. The van der Waals surface area contributed by atoms with Crippen molar-refractivity contribution in [2.75, 3.05) is 26.8 Å². The van der Waals surface area contributed by atoms with Gasteiger partial charge in [-0.3, -0.25) is 4.79 Å². The van der Waals surface area contributed by atoms with E-state index in [0.29, 0.717) is 18.7 Å². The highest BCUT2D eigenvalue weighted by atomic mass is 19.1. The third-order valence-corrected chi connectivity index (χ3v) is 6.32. The van der Waals surface area contributed by atoms with Gasteiger partial charge in [-0.05, 0) is 44.6 Å². The zero-order valence-electron chi connectivity index (χ0n) is 14.8. The Morgan fingerprint density at radius 1 is 1.24 bits per heavy atom. The summed E-state index contributed by atoms with van der Waals surface area (Å²) in [6, 6.07) is 6.70. The van der Waals surface area contributed by atoms with Gasteiger partial charge >= 0.3 is 0 Å². The molecule has 0 radical (unpaired) electrons. The van der Waals surface area contributed by atoms with E-state index in [1.54, 1.807) is 19.2 Å². The van der Waals surface area contributed by atoms with Gasteiger partial charge in [0, 0.05) is 32.4 Å². The Morgan fingerprint density at radius 3 is 2.60 bits per heavy atom. The van der Waals surface area contributed by atoms with E-state index < -0.39 is 5.41 Å². The van der Waals surface area contributed by atoms with Gasteiger partial charge in [-0.1, -0.05) is 18.2 Å². The molecule has 5 heteroatoms. The van der Waals surface area contributed by atoms with E-state index in [0.717, 1.165) is 45.1 Å². The van der Waals surface area contributed by atoms with Crippen molar-refractivity contribution < 1.29 is 18.7 Å². The zero-order valence-corrected chi connectivity index (χ0v) is 14.8. The van der Waals surface area contributed by atoms with Crippen LogP contribution in [0.1, 0.15) is 44.1 Å². The van der Waals surface area contributed by atoms with Crippen LogP contribution in [0.4, 0.5) is 4.39 Å². The molecule has 4 rings (SSSR count). The largest absolute Gasteiger partial charge is 0.378 e. The monoisotopic (exact) mass is 347 g/mol. The Bertz CT molecular complexity index is 650. The predicted molar refractivity (Wildman–Crippen MR) is 91.8 cm³/mol. The molecule has 1 spiro atoms. The minimum Gasteiger partial charge on any atom is -0.378 e. The van der Waals surface area contributed by atoms with E-state index in [4.69, 9.17) is 9.47 Å². The zero-order chi connectivity index (χ0) is 17.5. The third-order valence-electron chi connectivity index (χ3n) is 6.32. The summed E-state index contributed by atoms with van der Waals surface area (Å²) in [6.07, 6.45) is 5.23. The molecule has 2 saturated heterocycles. The lowest BCUT2D eigenvalue weighted by Gasteiger charge is -2.48. The molecule has 0 unspecified atom stereocenters. The fraction of sp³-hybridized carbons (Fsp3) is 0.650. The summed E-state index contributed by atoms with van der Waals surface area (Å²) in [5, 5.41) is 0. The molecule has 4 nitrogen and oxygen atoms in total. The van der Waals surface area contributed by atoms with Crippen LogP contribution in [-0.4, -0.2) is 49.3 Å². The number of carbonyl (C=O) groups is 1. The van der Waals surface area contributed by atoms with E-state index in [2.05, 4.69) is 0 Å². The number of nitrogens with zero attached hydrogens (tertiary/aromatic N) is 1. The fourth-order valence-corrected chi connectivity index (χ4v) is 4.66. The molecule has 1 saturated carbocycles. The molecule has 0 N–H and O–H groups in total. The summed E-state index contributed by atoms with van der Waals surface area (Å²) >= 11 is 0. The highest BCUT2D eigenvalue weighted by molar-refractivity contribution is 5.91. The number of carbonyl (C=O) groups excluding carboxylic acids is 1. The van der Waals surface area contributed by atoms with E-state index in [1.807, 2.05) is 11.0 Å². The van der Waals surface area contributed by atoms with Gasteiger partial charge in [0.1, 0.15) is 5.82 Å². The first-order valence-corrected chi connectivity index (χ1v) is 9.32. The van der Waals surface area contributed by atoms with Crippen LogP contribution in [0.15, 0.2) is 24.3 Å². The van der Waals surface area contributed by atoms with Gasteiger partial charge in [0.25, 0.3) is 0 Å². The highest BCUT2D eigenvalue weighted by Crippen LogP contribution is 2.51. The Morgan fingerprint density at radius 2 is 1.96 bits per heavy atom. The van der Waals surface area contributed by atoms with Crippen LogP contribution in [0.3, 0.4) is 0 Å². The first-order valence-electron chi connectivity index (χ1n) is 9.32. The van der Waals surface area contributed by atoms with Gasteiger partial charge in [-0.2, -0.15) is 0 Å². The Balaban J connectivity index is 1.48. The number of benzene rings is 1. The van der Waals surface area contributed by atoms with Crippen molar-refractivity contribution in [3.05, 3.63) is 35.6 Å². The molecular formula is C20H26FNO3. The molecular weight excluding hydrogens is 321 g/mol. The normalized spacial score (nSPS) is 27.3. The average Bonchev–Trinajstić information content (AvgIpc) is 3.44. The minimum absolute atomic E-state index is 0.0808. The molecule has 2 heterocycles. The summed E-state index contributed by atoms with van der Waals surface area (Å²) in [7, 11) is 1.75. The highest BCUT2D eigenvalue weighted by Gasteiger charge is 2.55. The second-order valence-corrected chi connectivity index (χ2v) is 7.63. The van der Waals surface area contributed by atoms with Crippen molar-refractivity contribution in [1.29, 1.82) is 0 Å². The topological polar surface area (TPSA) is 38.8 Å². The smallest absolute Gasteiger partial charge is 0.233 e. The molecule has 0 aromatic heterocycles. The van der Waals surface area contributed by atoms with Crippen LogP contribution in [0.5, 0.6) is 0 Å². The number of rotatable bonds is 3. The summed E-state index contributed by atoms with van der Waals surface area (Å²) in [4.78, 5) is 15.1. The molecule has 2 aliphatic heterocycles. The summed E-state index contributed by atoms with van der Waals surface area (Å²) in [6.45, 7) is 2.09. The number of methoxy groups -OCH3 is 1. The second-order valence-electron chi connectivity index (χ2n) is 7.63. The number of hydrogen-bond donors (Lipinski definition) is 0. The van der Waals surface area contributed by atoms with Crippen LogP contribution in [0, 0.1) is 5.82 Å². The van der Waals surface area contributed by atoms with Crippen molar-refractivity contribution in [3.63, 3.8) is 0 Å². The number of piperidine rings is 1. The van der Waals surface area contributed by atoms with Gasteiger partial charge < -0.3 is 14.4 Å². The summed E-state index contributed by atoms with van der Waals surface area (Å²) in [5.41, 5.74) is -0.327. The van der Waals surface area contributed by atoms with Gasteiger partial charge in [-0.15, -0.1) is 0 Å². The van der Waals surface area contributed by atoms with Gasteiger partial charge in [0.15, 0.2) is 0 Å². The van der Waals surface area contributed by atoms with Gasteiger partial charge in [0.2, 0.25) is 5.91 Å². The maximum absolute atomic E-state index is 14.2. The quantitative estimate of drug-likeness (QED) is 0.844. The maximum atomic E-state index is 14.2. The van der Waals surface area contributed by atoms with Crippen LogP contribution in [0.2, 0.25) is 0 Å². The number of ether oxygens (including phenoxy) is 2. The lowest BCUT2D eigenvalue weighted by molar-refractivity contribution is -0.188. The second kappa shape index (κ2) is 6.36. The Hall–Kier alpha value is -1.46. The van der Waals surface area contributed by atoms with Crippen LogP contribution < -0.4 is 0 Å². The molecule has 1 amide bonds. The lowest BCUT2D eigenvalue weighted by atomic mass is 9.81. The van der Waals surface area contributed by atoms with Gasteiger partial charge in [-0.25, -0.2) is 4.39 Å². The average molecular weight is 347 g/mol. The Kier molecular flexibility index (Phi) is 4.32. The van der Waals surface area contributed by atoms with Crippen molar-refractivity contribution in [2.24, 2.45) is 0 Å². The molecule has 3 fully saturated rings. The Labute approximate surface area is 148 Å². The van der Waals surface area contributed by atoms with E-state index >= 15 is 0 Å². The number of likely N-dealkylation sites (tertiary alicyclic amines) is 1. The van der Waals surface area contributed by atoms with Crippen molar-refractivity contribution in [1.82, 2.24) is 4.90 Å². The van der Waals surface area contributed by atoms with E-state index in [-0.39, 0.29) is 23.4 Å². The molecule has 136 valence electrons.